The van der Waals surface area contributed by atoms with E-state index in [4.69, 9.17) is 27.9 Å². The number of Topliss-reactive ketones (excluding diaryl/α,β-unsaturated/α-hetero) is 2. The quantitative estimate of drug-likeness (QED) is 0.412. The smallest absolute Gasteiger partial charge is 0.262 e. The van der Waals surface area contributed by atoms with E-state index in [-0.39, 0.29) is 29.7 Å². The van der Waals surface area contributed by atoms with Gasteiger partial charge in [-0.1, -0.05) is 59.6 Å². The van der Waals surface area contributed by atoms with Crippen molar-refractivity contribution in [2.75, 3.05) is 11.9 Å². The molecule has 4 rings (SSSR count). The van der Waals surface area contributed by atoms with Gasteiger partial charge in [-0.05, 0) is 42.0 Å². The Kier molecular flexibility index (Phi) is 5.89. The van der Waals surface area contributed by atoms with Gasteiger partial charge in [0.2, 0.25) is 0 Å². The molecule has 7 heteroatoms. The molecular formula is C24H15Cl2NO4. The second-order valence-electron chi connectivity index (χ2n) is 6.80. The molecule has 31 heavy (non-hydrogen) atoms. The Bertz CT molecular complexity index is 1210. The van der Waals surface area contributed by atoms with E-state index in [1.807, 2.05) is 0 Å². The normalized spacial score (nSPS) is 12.5. The van der Waals surface area contributed by atoms with E-state index in [1.54, 1.807) is 66.7 Å². The van der Waals surface area contributed by atoms with Gasteiger partial charge in [-0.3, -0.25) is 14.4 Å². The molecule has 1 amide bonds. The summed E-state index contributed by atoms with van der Waals surface area (Å²) in [5.41, 5.74) is 2.04. The maximum absolute atomic E-state index is 12.5. The summed E-state index contributed by atoms with van der Waals surface area (Å²) in [7, 11) is 0. The topological polar surface area (TPSA) is 72.5 Å². The molecule has 154 valence electrons. The zero-order valence-corrected chi connectivity index (χ0v) is 17.5. The van der Waals surface area contributed by atoms with Crippen LogP contribution in [0, 0.1) is 0 Å². The molecule has 1 aliphatic carbocycles. The standard InChI is InChI=1S/C24H15Cl2NO4/c25-20-9-8-15(12-21(20)26)27-22(28)13-31-16-5-3-4-14(10-16)11-19-23(29)17-6-1-2-7-18(17)24(19)30/h1-12H,13H2,(H,27,28). The summed E-state index contributed by atoms with van der Waals surface area (Å²) in [6.07, 6.45) is 1.54. The zero-order valence-electron chi connectivity index (χ0n) is 16.0. The minimum Gasteiger partial charge on any atom is -0.484 e. The largest absolute Gasteiger partial charge is 0.484 e. The maximum atomic E-state index is 12.5. The van der Waals surface area contributed by atoms with Crippen LogP contribution in [0.5, 0.6) is 5.75 Å². The first-order chi connectivity index (χ1) is 14.9. The van der Waals surface area contributed by atoms with Crippen LogP contribution in [0.1, 0.15) is 26.3 Å². The number of ketones is 2. The average Bonchev–Trinajstić information content (AvgIpc) is 3.00. The van der Waals surface area contributed by atoms with Crippen LogP contribution >= 0.6 is 23.2 Å². The van der Waals surface area contributed by atoms with Crippen molar-refractivity contribution in [3.05, 3.63) is 99.0 Å². The molecule has 3 aromatic rings. The predicted octanol–water partition coefficient (Wildman–Crippen LogP) is 5.47. The summed E-state index contributed by atoms with van der Waals surface area (Å²) in [6, 6.07) is 18.3. The van der Waals surface area contributed by atoms with Gasteiger partial charge in [0.15, 0.2) is 18.2 Å². The van der Waals surface area contributed by atoms with Gasteiger partial charge < -0.3 is 10.1 Å². The fourth-order valence-corrected chi connectivity index (χ4v) is 3.48. The monoisotopic (exact) mass is 451 g/mol. The lowest BCUT2D eigenvalue weighted by molar-refractivity contribution is -0.118. The number of hydrogen-bond donors (Lipinski definition) is 1. The Morgan fingerprint density at radius 3 is 2.26 bits per heavy atom. The lowest BCUT2D eigenvalue weighted by atomic mass is 10.1. The van der Waals surface area contributed by atoms with Crippen LogP contribution in [0.15, 0.2) is 72.3 Å². The zero-order chi connectivity index (χ0) is 22.0. The summed E-state index contributed by atoms with van der Waals surface area (Å²) in [6.45, 7) is -0.233. The molecule has 0 saturated heterocycles. The molecule has 0 saturated carbocycles. The second-order valence-corrected chi connectivity index (χ2v) is 7.61. The maximum Gasteiger partial charge on any atom is 0.262 e. The Balaban J connectivity index is 1.44. The third-order valence-electron chi connectivity index (χ3n) is 4.65. The van der Waals surface area contributed by atoms with E-state index in [0.717, 1.165) is 0 Å². The number of allylic oxidation sites excluding steroid dienone is 1. The predicted molar refractivity (Wildman–Crippen MR) is 120 cm³/mol. The van der Waals surface area contributed by atoms with E-state index in [2.05, 4.69) is 5.32 Å². The molecule has 0 radical (unpaired) electrons. The van der Waals surface area contributed by atoms with Crippen molar-refractivity contribution >= 4 is 52.4 Å². The summed E-state index contributed by atoms with van der Waals surface area (Å²) in [5, 5.41) is 3.39. The number of rotatable bonds is 5. The summed E-state index contributed by atoms with van der Waals surface area (Å²) < 4.78 is 5.54. The van der Waals surface area contributed by atoms with Crippen LogP contribution < -0.4 is 10.1 Å². The highest BCUT2D eigenvalue weighted by Gasteiger charge is 2.32. The average molecular weight is 452 g/mol. The minimum absolute atomic E-state index is 0.107. The fraction of sp³-hybridized carbons (Fsp3) is 0.0417. The molecule has 0 unspecified atom stereocenters. The molecule has 0 spiro atoms. The number of ether oxygens (including phenoxy) is 1. The van der Waals surface area contributed by atoms with Gasteiger partial charge in [0.05, 0.1) is 15.6 Å². The molecule has 5 nitrogen and oxygen atoms in total. The lowest BCUT2D eigenvalue weighted by Crippen LogP contribution is -2.20. The fourth-order valence-electron chi connectivity index (χ4n) is 3.18. The number of carbonyl (C=O) groups excluding carboxylic acids is 3. The van der Waals surface area contributed by atoms with Crippen LogP contribution in [0.2, 0.25) is 10.0 Å². The summed E-state index contributed by atoms with van der Waals surface area (Å²) in [5.74, 6) is -0.548. The number of carbonyl (C=O) groups is 3. The van der Waals surface area contributed by atoms with E-state index in [0.29, 0.717) is 38.2 Å². The Hall–Kier alpha value is -3.41. The molecule has 0 aliphatic heterocycles. The lowest BCUT2D eigenvalue weighted by Gasteiger charge is -2.09. The van der Waals surface area contributed by atoms with Gasteiger partial charge >= 0.3 is 0 Å². The van der Waals surface area contributed by atoms with Crippen LogP contribution in [0.3, 0.4) is 0 Å². The van der Waals surface area contributed by atoms with Gasteiger partial charge in [0.25, 0.3) is 5.91 Å². The highest BCUT2D eigenvalue weighted by molar-refractivity contribution is 6.42. The number of anilines is 1. The van der Waals surface area contributed by atoms with Crippen molar-refractivity contribution < 1.29 is 19.1 Å². The van der Waals surface area contributed by atoms with Crippen LogP contribution in [-0.4, -0.2) is 24.1 Å². The highest BCUT2D eigenvalue weighted by atomic mass is 35.5. The van der Waals surface area contributed by atoms with Gasteiger partial charge in [0, 0.05) is 16.8 Å². The summed E-state index contributed by atoms with van der Waals surface area (Å²) in [4.78, 5) is 37.2. The molecule has 3 aromatic carbocycles. The number of fused-ring (bicyclic) bond motifs is 1. The van der Waals surface area contributed by atoms with E-state index in [1.165, 1.54) is 6.08 Å². The van der Waals surface area contributed by atoms with Crippen LogP contribution in [0.4, 0.5) is 5.69 Å². The van der Waals surface area contributed by atoms with Crippen molar-refractivity contribution in [3.8, 4) is 5.75 Å². The van der Waals surface area contributed by atoms with E-state index >= 15 is 0 Å². The third kappa shape index (κ3) is 4.53. The molecule has 0 atom stereocenters. The Morgan fingerprint density at radius 2 is 1.58 bits per heavy atom. The SMILES string of the molecule is O=C(COc1cccc(C=C2C(=O)c3ccccc3C2=O)c1)Nc1ccc(Cl)c(Cl)c1. The Labute approximate surface area is 188 Å². The summed E-state index contributed by atoms with van der Waals surface area (Å²) >= 11 is 11.8. The van der Waals surface area contributed by atoms with Gasteiger partial charge in [0.1, 0.15) is 5.75 Å². The van der Waals surface area contributed by atoms with Gasteiger partial charge in [-0.15, -0.1) is 0 Å². The second kappa shape index (κ2) is 8.76. The van der Waals surface area contributed by atoms with Gasteiger partial charge in [-0.25, -0.2) is 0 Å². The number of benzene rings is 3. The number of hydrogen-bond acceptors (Lipinski definition) is 4. The third-order valence-corrected chi connectivity index (χ3v) is 5.39. The minimum atomic E-state index is -0.376. The molecule has 1 N–H and O–H groups in total. The van der Waals surface area contributed by atoms with Crippen LogP contribution in [0.25, 0.3) is 6.08 Å². The molecule has 0 fully saturated rings. The van der Waals surface area contributed by atoms with Crippen molar-refractivity contribution in [1.82, 2.24) is 0 Å². The Morgan fingerprint density at radius 1 is 0.871 bits per heavy atom. The molecule has 0 heterocycles. The molecule has 0 aromatic heterocycles. The molecule has 0 bridgehead atoms. The molecule has 1 aliphatic rings. The van der Waals surface area contributed by atoms with Gasteiger partial charge in [-0.2, -0.15) is 0 Å². The first-order valence-electron chi connectivity index (χ1n) is 9.30. The van der Waals surface area contributed by atoms with Crippen molar-refractivity contribution in [3.63, 3.8) is 0 Å². The number of nitrogens with one attached hydrogen (secondary N) is 1. The number of amides is 1. The number of halogens is 2. The molecular weight excluding hydrogens is 437 g/mol. The first-order valence-corrected chi connectivity index (χ1v) is 10.1. The highest BCUT2D eigenvalue weighted by Crippen LogP contribution is 2.28. The van der Waals surface area contributed by atoms with Crippen LogP contribution in [-0.2, 0) is 4.79 Å². The van der Waals surface area contributed by atoms with E-state index < -0.39 is 0 Å². The van der Waals surface area contributed by atoms with Crippen molar-refractivity contribution in [2.24, 2.45) is 0 Å². The first kappa shape index (κ1) is 20.8. The van der Waals surface area contributed by atoms with Crippen molar-refractivity contribution in [1.29, 1.82) is 0 Å². The van der Waals surface area contributed by atoms with Crippen molar-refractivity contribution in [2.45, 2.75) is 0 Å². The van der Waals surface area contributed by atoms with E-state index in [9.17, 15) is 14.4 Å².